The first-order valence-corrected chi connectivity index (χ1v) is 7.00. The highest BCUT2D eigenvalue weighted by atomic mass is 35.5. The fourth-order valence-corrected chi connectivity index (χ4v) is 3.19. The maximum absolute atomic E-state index is 12.0. The van der Waals surface area contributed by atoms with Gasteiger partial charge in [-0.15, -0.1) is 11.3 Å². The van der Waals surface area contributed by atoms with E-state index in [1.165, 1.54) is 11.3 Å². The fraction of sp³-hybridized carbons (Fsp3) is 0.500. The summed E-state index contributed by atoms with van der Waals surface area (Å²) in [7, 11) is 0. The number of nitrogens with zero attached hydrogens (tertiary/aromatic N) is 1. The number of likely N-dealkylation sites (tertiary alicyclic amines) is 1. The molecule has 0 spiro atoms. The van der Waals surface area contributed by atoms with Crippen LogP contribution in [-0.2, 0) is 16.0 Å². The Balaban J connectivity index is 1.94. The van der Waals surface area contributed by atoms with Gasteiger partial charge in [-0.2, -0.15) is 0 Å². The van der Waals surface area contributed by atoms with Gasteiger partial charge in [-0.05, 0) is 25.0 Å². The zero-order valence-electron chi connectivity index (χ0n) is 9.76. The SMILES string of the molecule is O=C(O)C1CCCN(C(=O)Cc2ccc(Cl)s2)C1. The Bertz CT molecular complexity index is 460. The van der Waals surface area contributed by atoms with Crippen molar-refractivity contribution < 1.29 is 14.7 Å². The quantitative estimate of drug-likeness (QED) is 0.928. The lowest BCUT2D eigenvalue weighted by Crippen LogP contribution is -2.42. The van der Waals surface area contributed by atoms with Gasteiger partial charge in [0.15, 0.2) is 0 Å². The van der Waals surface area contributed by atoms with Crippen LogP contribution in [0.4, 0.5) is 0 Å². The molecule has 1 aliphatic rings. The summed E-state index contributed by atoms with van der Waals surface area (Å²) in [5.74, 6) is -1.25. The Labute approximate surface area is 114 Å². The van der Waals surface area contributed by atoms with E-state index in [2.05, 4.69) is 0 Å². The summed E-state index contributed by atoms with van der Waals surface area (Å²) >= 11 is 7.20. The number of hydrogen-bond acceptors (Lipinski definition) is 3. The Morgan fingerprint density at radius 2 is 2.28 bits per heavy atom. The molecule has 1 unspecified atom stereocenters. The highest BCUT2D eigenvalue weighted by Crippen LogP contribution is 2.23. The molecule has 1 atom stereocenters. The number of aliphatic carboxylic acids is 1. The Morgan fingerprint density at radius 1 is 1.50 bits per heavy atom. The van der Waals surface area contributed by atoms with Crippen LogP contribution in [0.25, 0.3) is 0 Å². The molecule has 1 aromatic rings. The first-order chi connectivity index (χ1) is 8.56. The number of piperidine rings is 1. The molecule has 4 nitrogen and oxygen atoms in total. The number of thiophene rings is 1. The number of carbonyl (C=O) groups excluding carboxylic acids is 1. The molecule has 0 aliphatic carbocycles. The van der Waals surface area contributed by atoms with E-state index in [-0.39, 0.29) is 5.91 Å². The van der Waals surface area contributed by atoms with Gasteiger partial charge in [0.1, 0.15) is 0 Å². The first-order valence-electron chi connectivity index (χ1n) is 5.81. The predicted octanol–water partition coefficient (Wildman–Crippen LogP) is 2.27. The molecule has 0 radical (unpaired) electrons. The number of carboxylic acids is 1. The van der Waals surface area contributed by atoms with Crippen LogP contribution in [0.5, 0.6) is 0 Å². The molecular formula is C12H14ClNO3S. The number of carbonyl (C=O) groups is 2. The van der Waals surface area contributed by atoms with Crippen molar-refractivity contribution in [1.82, 2.24) is 4.90 Å². The van der Waals surface area contributed by atoms with E-state index < -0.39 is 11.9 Å². The van der Waals surface area contributed by atoms with Crippen molar-refractivity contribution in [3.63, 3.8) is 0 Å². The molecule has 1 N–H and O–H groups in total. The monoisotopic (exact) mass is 287 g/mol. The van der Waals surface area contributed by atoms with Gasteiger partial charge in [-0.25, -0.2) is 0 Å². The van der Waals surface area contributed by atoms with Crippen LogP contribution < -0.4 is 0 Å². The number of carboxylic acid groups (broad SMARTS) is 1. The van der Waals surface area contributed by atoms with Gasteiger partial charge in [0, 0.05) is 18.0 Å². The number of halogens is 1. The molecule has 6 heteroatoms. The summed E-state index contributed by atoms with van der Waals surface area (Å²) in [5, 5.41) is 8.98. The molecule has 1 aromatic heterocycles. The smallest absolute Gasteiger partial charge is 0.308 e. The molecule has 18 heavy (non-hydrogen) atoms. The van der Waals surface area contributed by atoms with Gasteiger partial charge >= 0.3 is 5.97 Å². The average Bonchev–Trinajstić information content (AvgIpc) is 2.75. The second-order valence-corrected chi connectivity index (χ2v) is 6.20. The molecule has 98 valence electrons. The van der Waals surface area contributed by atoms with Crippen molar-refractivity contribution in [2.45, 2.75) is 19.3 Å². The summed E-state index contributed by atoms with van der Waals surface area (Å²) in [4.78, 5) is 25.5. The summed E-state index contributed by atoms with van der Waals surface area (Å²) in [5.41, 5.74) is 0. The van der Waals surface area contributed by atoms with E-state index in [0.29, 0.717) is 30.3 Å². The minimum absolute atomic E-state index is 0.0144. The number of amides is 1. The molecular weight excluding hydrogens is 274 g/mol. The summed E-state index contributed by atoms with van der Waals surface area (Å²) < 4.78 is 0.667. The van der Waals surface area contributed by atoms with Gasteiger partial charge in [0.25, 0.3) is 0 Å². The maximum atomic E-state index is 12.0. The molecule has 1 amide bonds. The third-order valence-corrected chi connectivity index (χ3v) is 4.31. The van der Waals surface area contributed by atoms with E-state index >= 15 is 0 Å². The lowest BCUT2D eigenvalue weighted by atomic mass is 9.98. The van der Waals surface area contributed by atoms with Crippen molar-refractivity contribution in [3.8, 4) is 0 Å². The van der Waals surface area contributed by atoms with E-state index in [1.54, 1.807) is 11.0 Å². The lowest BCUT2D eigenvalue weighted by Gasteiger charge is -2.30. The Kier molecular flexibility index (Phi) is 4.24. The maximum Gasteiger partial charge on any atom is 0.308 e. The Hall–Kier alpha value is -1.07. The van der Waals surface area contributed by atoms with Gasteiger partial charge in [-0.3, -0.25) is 9.59 Å². The zero-order chi connectivity index (χ0) is 13.1. The van der Waals surface area contributed by atoms with Crippen molar-refractivity contribution in [1.29, 1.82) is 0 Å². The van der Waals surface area contributed by atoms with Crippen molar-refractivity contribution >= 4 is 34.8 Å². The number of hydrogen-bond donors (Lipinski definition) is 1. The van der Waals surface area contributed by atoms with Crippen LogP contribution in [0.15, 0.2) is 12.1 Å². The van der Waals surface area contributed by atoms with Gasteiger partial charge in [0.2, 0.25) is 5.91 Å². The minimum Gasteiger partial charge on any atom is -0.481 e. The molecule has 2 rings (SSSR count). The summed E-state index contributed by atoms with van der Waals surface area (Å²) in [6.07, 6.45) is 1.72. The molecule has 0 saturated carbocycles. The van der Waals surface area contributed by atoms with Crippen molar-refractivity contribution in [2.75, 3.05) is 13.1 Å². The van der Waals surface area contributed by atoms with Crippen molar-refractivity contribution in [3.05, 3.63) is 21.3 Å². The largest absolute Gasteiger partial charge is 0.481 e. The van der Waals surface area contributed by atoms with E-state index in [9.17, 15) is 9.59 Å². The van der Waals surface area contributed by atoms with E-state index in [1.807, 2.05) is 6.07 Å². The van der Waals surface area contributed by atoms with Gasteiger partial charge in [-0.1, -0.05) is 11.6 Å². The molecule has 1 saturated heterocycles. The van der Waals surface area contributed by atoms with E-state index in [4.69, 9.17) is 16.7 Å². The zero-order valence-corrected chi connectivity index (χ0v) is 11.3. The van der Waals surface area contributed by atoms with Crippen LogP contribution in [0.3, 0.4) is 0 Å². The predicted molar refractivity (Wildman–Crippen MR) is 70.0 cm³/mol. The van der Waals surface area contributed by atoms with Crippen molar-refractivity contribution in [2.24, 2.45) is 5.92 Å². The normalized spacial score (nSPS) is 19.8. The topological polar surface area (TPSA) is 57.6 Å². The highest BCUT2D eigenvalue weighted by molar-refractivity contribution is 7.16. The molecule has 1 fully saturated rings. The molecule has 2 heterocycles. The van der Waals surface area contributed by atoms with Gasteiger partial charge in [0.05, 0.1) is 16.7 Å². The summed E-state index contributed by atoms with van der Waals surface area (Å²) in [6, 6.07) is 3.61. The Morgan fingerprint density at radius 3 is 2.89 bits per heavy atom. The molecule has 0 aromatic carbocycles. The van der Waals surface area contributed by atoms with Crippen LogP contribution in [0.1, 0.15) is 17.7 Å². The first kappa shape index (κ1) is 13.4. The van der Waals surface area contributed by atoms with Crippen LogP contribution in [-0.4, -0.2) is 35.0 Å². The van der Waals surface area contributed by atoms with Crippen LogP contribution >= 0.6 is 22.9 Å². The number of rotatable bonds is 3. The highest BCUT2D eigenvalue weighted by Gasteiger charge is 2.28. The lowest BCUT2D eigenvalue weighted by molar-refractivity contribution is -0.145. The molecule has 1 aliphatic heterocycles. The van der Waals surface area contributed by atoms with Gasteiger partial charge < -0.3 is 10.0 Å². The standard InChI is InChI=1S/C12H14ClNO3S/c13-10-4-3-9(18-10)6-11(15)14-5-1-2-8(7-14)12(16)17/h3-4,8H,1-2,5-7H2,(H,16,17). The van der Waals surface area contributed by atoms with E-state index in [0.717, 1.165) is 11.3 Å². The summed E-state index contributed by atoms with van der Waals surface area (Å²) in [6.45, 7) is 0.981. The minimum atomic E-state index is -0.813. The third kappa shape index (κ3) is 3.23. The fourth-order valence-electron chi connectivity index (χ4n) is 2.11. The third-order valence-electron chi connectivity index (χ3n) is 3.08. The van der Waals surface area contributed by atoms with Crippen LogP contribution in [0, 0.1) is 5.92 Å². The second kappa shape index (κ2) is 5.71. The molecule has 0 bridgehead atoms. The van der Waals surface area contributed by atoms with Crippen LogP contribution in [0.2, 0.25) is 4.34 Å². The second-order valence-electron chi connectivity index (χ2n) is 4.40. The average molecular weight is 288 g/mol.